The highest BCUT2D eigenvalue weighted by atomic mass is 35.5. The first-order chi connectivity index (χ1) is 23.7. The summed E-state index contributed by atoms with van der Waals surface area (Å²) in [5.41, 5.74) is 2.16. The lowest BCUT2D eigenvalue weighted by atomic mass is 9.95. The van der Waals surface area contributed by atoms with E-state index in [0.717, 1.165) is 5.56 Å². The molecule has 3 aromatic carbocycles. The van der Waals surface area contributed by atoms with E-state index in [9.17, 15) is 14.4 Å². The predicted octanol–water partition coefficient (Wildman–Crippen LogP) is 4.99. The fourth-order valence-corrected chi connectivity index (χ4v) is 6.48. The molecule has 256 valence electrons. The summed E-state index contributed by atoms with van der Waals surface area (Å²) >= 11 is 7.54. The van der Waals surface area contributed by atoms with Crippen LogP contribution in [0.15, 0.2) is 81.7 Å². The van der Waals surface area contributed by atoms with Gasteiger partial charge in [0.15, 0.2) is 34.4 Å². The van der Waals surface area contributed by atoms with Crippen LogP contribution in [-0.2, 0) is 25.7 Å². The minimum atomic E-state index is -0.910. The molecule has 1 aliphatic rings. The Bertz CT molecular complexity index is 2090. The summed E-state index contributed by atoms with van der Waals surface area (Å²) in [7, 11) is 2.81. The smallest absolute Gasteiger partial charge is 0.343 e. The standard InChI is InChI=1S/C36H35ClN2O9S/c1-6-45-28-17-22(15-16-26(28)47-20-30(40)44-5)32-31(35(42)46-7-2)21(3)38-36-39(32)34(41)29(49-36)18-23-12-10-14-27(43-4)33(23)48-19-24-11-8-9-13-25(24)37/h8-18,32H,6-7,19-20H2,1-5H3/b29-18+/t32-/m1/s1. The number of halogens is 1. The molecule has 5 rings (SSSR count). The zero-order chi connectivity index (χ0) is 35.1. The fourth-order valence-electron chi connectivity index (χ4n) is 5.25. The number of ether oxygens (including phenoxy) is 6. The minimum absolute atomic E-state index is 0.129. The SMILES string of the molecule is CCOC(=O)C1=C(C)N=c2s/c(=C/c3cccc(OC)c3OCc3ccccc3Cl)c(=O)n2[C@@H]1c1ccc(OCC(=O)OC)c(OCC)c1. The molecular formula is C36H35ClN2O9S. The number of carbonyl (C=O) groups is 2. The average Bonchev–Trinajstić information content (AvgIpc) is 3.40. The number of nitrogens with zero attached hydrogens (tertiary/aromatic N) is 2. The Morgan fingerprint density at radius 2 is 1.76 bits per heavy atom. The molecule has 1 aliphatic heterocycles. The summed E-state index contributed by atoms with van der Waals surface area (Å²) in [6.07, 6.45) is 1.71. The van der Waals surface area contributed by atoms with Gasteiger partial charge in [0.2, 0.25) is 0 Å². The molecule has 49 heavy (non-hydrogen) atoms. The summed E-state index contributed by atoms with van der Waals surface area (Å²) in [5.74, 6) is 0.361. The van der Waals surface area contributed by atoms with Crippen LogP contribution < -0.4 is 33.8 Å². The number of aromatic nitrogens is 1. The Morgan fingerprint density at radius 1 is 0.959 bits per heavy atom. The Balaban J connectivity index is 1.64. The number of allylic oxidation sites excluding steroid dienone is 1. The van der Waals surface area contributed by atoms with Crippen LogP contribution in [0.25, 0.3) is 6.08 Å². The maximum Gasteiger partial charge on any atom is 0.343 e. The van der Waals surface area contributed by atoms with Crippen LogP contribution in [-0.4, -0.2) is 50.5 Å². The van der Waals surface area contributed by atoms with E-state index in [4.69, 9.17) is 35.3 Å². The maximum absolute atomic E-state index is 14.3. The molecule has 11 nitrogen and oxygen atoms in total. The van der Waals surface area contributed by atoms with Gasteiger partial charge in [-0.05, 0) is 56.7 Å². The van der Waals surface area contributed by atoms with Crippen LogP contribution in [0, 0.1) is 0 Å². The van der Waals surface area contributed by atoms with Crippen molar-refractivity contribution >= 4 is 41.0 Å². The van der Waals surface area contributed by atoms with Crippen LogP contribution in [0.5, 0.6) is 23.0 Å². The molecule has 0 saturated carbocycles. The number of benzene rings is 3. The van der Waals surface area contributed by atoms with Gasteiger partial charge in [-0.3, -0.25) is 9.36 Å². The second-order valence-electron chi connectivity index (χ2n) is 10.6. The first-order valence-electron chi connectivity index (χ1n) is 15.4. The molecule has 0 spiro atoms. The lowest BCUT2D eigenvalue weighted by Crippen LogP contribution is -2.40. The highest BCUT2D eigenvalue weighted by Gasteiger charge is 2.34. The second kappa shape index (κ2) is 15.9. The van der Waals surface area contributed by atoms with Crippen LogP contribution >= 0.6 is 22.9 Å². The van der Waals surface area contributed by atoms with Crippen LogP contribution in [0.2, 0.25) is 5.02 Å². The lowest BCUT2D eigenvalue weighted by Gasteiger charge is -2.25. The quantitative estimate of drug-likeness (QED) is 0.177. The van der Waals surface area contributed by atoms with Crippen molar-refractivity contribution in [3.05, 3.63) is 113 Å². The van der Waals surface area contributed by atoms with Gasteiger partial charge >= 0.3 is 11.9 Å². The zero-order valence-corrected chi connectivity index (χ0v) is 29.2. The highest BCUT2D eigenvalue weighted by molar-refractivity contribution is 7.07. The third kappa shape index (κ3) is 7.65. The summed E-state index contributed by atoms with van der Waals surface area (Å²) in [4.78, 5) is 44.5. The molecule has 1 aromatic heterocycles. The number of hydrogen-bond donors (Lipinski definition) is 0. The Labute approximate surface area is 291 Å². The van der Waals surface area contributed by atoms with Crippen molar-refractivity contribution in [2.45, 2.75) is 33.4 Å². The van der Waals surface area contributed by atoms with Crippen molar-refractivity contribution in [2.24, 2.45) is 4.99 Å². The zero-order valence-electron chi connectivity index (χ0n) is 27.6. The molecule has 0 radical (unpaired) electrons. The number of fused-ring (bicyclic) bond motifs is 1. The Hall–Kier alpha value is -5.07. The summed E-state index contributed by atoms with van der Waals surface area (Å²) in [5, 5.41) is 0.565. The van der Waals surface area contributed by atoms with E-state index in [0.29, 0.717) is 60.8 Å². The van der Waals surface area contributed by atoms with E-state index in [1.54, 1.807) is 63.2 Å². The number of para-hydroxylation sites is 1. The molecule has 0 saturated heterocycles. The lowest BCUT2D eigenvalue weighted by molar-refractivity contribution is -0.143. The number of hydrogen-bond acceptors (Lipinski definition) is 11. The Kier molecular flexibility index (Phi) is 11.4. The van der Waals surface area contributed by atoms with Gasteiger partial charge in [0.25, 0.3) is 5.56 Å². The number of carbonyl (C=O) groups excluding carboxylic acids is 2. The van der Waals surface area contributed by atoms with Crippen LogP contribution in [0.1, 0.15) is 43.5 Å². The maximum atomic E-state index is 14.3. The molecule has 1 atom stereocenters. The third-order valence-corrected chi connectivity index (χ3v) is 8.87. The fraction of sp³-hybridized carbons (Fsp3) is 0.278. The van der Waals surface area contributed by atoms with Crippen molar-refractivity contribution in [3.8, 4) is 23.0 Å². The molecule has 0 fully saturated rings. The van der Waals surface area contributed by atoms with Gasteiger partial charge < -0.3 is 28.4 Å². The summed E-state index contributed by atoms with van der Waals surface area (Å²) in [6.45, 7) is 5.48. The highest BCUT2D eigenvalue weighted by Crippen LogP contribution is 2.37. The molecule has 0 aliphatic carbocycles. The molecule has 0 unspecified atom stereocenters. The molecule has 4 aromatic rings. The van der Waals surface area contributed by atoms with Gasteiger partial charge in [-0.15, -0.1) is 0 Å². The number of esters is 2. The van der Waals surface area contributed by atoms with Gasteiger partial charge in [0, 0.05) is 16.1 Å². The van der Waals surface area contributed by atoms with Gasteiger partial charge in [0.05, 0.1) is 49.3 Å². The molecule has 0 N–H and O–H groups in total. The van der Waals surface area contributed by atoms with Crippen molar-refractivity contribution in [1.29, 1.82) is 0 Å². The minimum Gasteiger partial charge on any atom is -0.493 e. The normalized spacial score (nSPS) is 14.1. The molecule has 2 heterocycles. The average molecular weight is 707 g/mol. The largest absolute Gasteiger partial charge is 0.493 e. The first kappa shape index (κ1) is 35.2. The van der Waals surface area contributed by atoms with Crippen molar-refractivity contribution < 1.29 is 38.0 Å². The molecular weight excluding hydrogens is 672 g/mol. The van der Waals surface area contributed by atoms with E-state index in [2.05, 4.69) is 9.73 Å². The van der Waals surface area contributed by atoms with Crippen molar-refractivity contribution in [2.75, 3.05) is 34.0 Å². The van der Waals surface area contributed by atoms with E-state index >= 15 is 0 Å². The number of methoxy groups -OCH3 is 2. The topological polar surface area (TPSA) is 124 Å². The van der Waals surface area contributed by atoms with Crippen molar-refractivity contribution in [1.82, 2.24) is 4.57 Å². The third-order valence-electron chi connectivity index (χ3n) is 7.52. The van der Waals surface area contributed by atoms with Crippen molar-refractivity contribution in [3.63, 3.8) is 0 Å². The monoisotopic (exact) mass is 706 g/mol. The molecule has 0 amide bonds. The van der Waals surface area contributed by atoms with Gasteiger partial charge in [-0.1, -0.05) is 59.3 Å². The van der Waals surface area contributed by atoms with Gasteiger partial charge in [-0.2, -0.15) is 0 Å². The van der Waals surface area contributed by atoms with E-state index in [1.165, 1.54) is 30.1 Å². The van der Waals surface area contributed by atoms with Gasteiger partial charge in [-0.25, -0.2) is 14.6 Å². The molecule has 13 heteroatoms. The molecule has 0 bridgehead atoms. The first-order valence-corrected chi connectivity index (χ1v) is 16.6. The predicted molar refractivity (Wildman–Crippen MR) is 184 cm³/mol. The second-order valence-corrected chi connectivity index (χ2v) is 12.0. The Morgan fingerprint density at radius 3 is 2.47 bits per heavy atom. The summed E-state index contributed by atoms with van der Waals surface area (Å²) < 4.78 is 35.3. The van der Waals surface area contributed by atoms with Crippen LogP contribution in [0.3, 0.4) is 0 Å². The van der Waals surface area contributed by atoms with Crippen LogP contribution in [0.4, 0.5) is 0 Å². The van der Waals surface area contributed by atoms with E-state index in [-0.39, 0.29) is 31.0 Å². The van der Waals surface area contributed by atoms with E-state index < -0.39 is 18.0 Å². The van der Waals surface area contributed by atoms with E-state index in [1.807, 2.05) is 24.3 Å². The number of rotatable bonds is 13. The van der Waals surface area contributed by atoms with Gasteiger partial charge in [0.1, 0.15) is 6.61 Å². The summed E-state index contributed by atoms with van der Waals surface area (Å²) in [6, 6.07) is 16.8. The number of thiazole rings is 1.